The second-order valence-corrected chi connectivity index (χ2v) is 17.8. The van der Waals surface area contributed by atoms with Crippen LogP contribution in [-0.2, 0) is 16.2 Å². The molecule has 9 rings (SSSR count). The van der Waals surface area contributed by atoms with Gasteiger partial charge >= 0.3 is 0 Å². The molecule has 1 spiro atoms. The number of benzene rings is 5. The van der Waals surface area contributed by atoms with Crippen molar-refractivity contribution < 1.29 is 5.11 Å². The van der Waals surface area contributed by atoms with Gasteiger partial charge in [0.05, 0.1) is 22.5 Å². The van der Waals surface area contributed by atoms with E-state index in [2.05, 4.69) is 169 Å². The van der Waals surface area contributed by atoms with Gasteiger partial charge in [0, 0.05) is 22.5 Å². The number of fused-ring (bicyclic) bond motifs is 10. The Hall–Kier alpha value is -6.00. The SMILES string of the molecule is Cc1cccc(-c2cccc(N(c3ccc4c(n3)-c3c(O)cccc3C43c4cc(C(C)(C)C)ccc4-c4ccc(C(C)(C)C)cc43)c3c(C)cccc3C)c2)n1. The first-order valence-corrected chi connectivity index (χ1v) is 19.7. The van der Waals surface area contributed by atoms with Gasteiger partial charge in [-0.3, -0.25) is 9.88 Å². The van der Waals surface area contributed by atoms with Gasteiger partial charge in [0.15, 0.2) is 0 Å². The van der Waals surface area contributed by atoms with E-state index in [4.69, 9.17) is 9.97 Å². The number of rotatable bonds is 4. The molecule has 4 heteroatoms. The highest BCUT2D eigenvalue weighted by Crippen LogP contribution is 2.64. The predicted octanol–water partition coefficient (Wildman–Crippen LogP) is 13.2. The summed E-state index contributed by atoms with van der Waals surface area (Å²) in [6.07, 6.45) is 0. The van der Waals surface area contributed by atoms with Gasteiger partial charge in [-0.15, -0.1) is 0 Å². The molecule has 2 heterocycles. The molecule has 2 aromatic heterocycles. The third-order valence-electron chi connectivity index (χ3n) is 12.0. The molecule has 5 aromatic carbocycles. The van der Waals surface area contributed by atoms with Crippen molar-refractivity contribution in [1.82, 2.24) is 9.97 Å². The minimum atomic E-state index is -0.664. The van der Waals surface area contributed by atoms with E-state index in [9.17, 15) is 5.11 Å². The van der Waals surface area contributed by atoms with Crippen LogP contribution in [-0.4, -0.2) is 15.1 Å². The molecule has 0 bridgehead atoms. The molecule has 7 aromatic rings. The van der Waals surface area contributed by atoms with E-state index >= 15 is 0 Å². The fraction of sp³-hybridized carbons (Fsp3) is 0.231. The summed E-state index contributed by atoms with van der Waals surface area (Å²) in [5.41, 5.74) is 17.8. The number of phenolic OH excluding ortho intramolecular Hbond substituents is 1. The third kappa shape index (κ3) is 5.33. The molecular formula is C52H49N3O. The topological polar surface area (TPSA) is 49.2 Å². The number of aryl methyl sites for hydroxylation is 3. The average molecular weight is 732 g/mol. The van der Waals surface area contributed by atoms with Crippen molar-refractivity contribution in [3.63, 3.8) is 0 Å². The second kappa shape index (κ2) is 12.5. The highest BCUT2D eigenvalue weighted by Gasteiger charge is 2.54. The summed E-state index contributed by atoms with van der Waals surface area (Å²) in [7, 11) is 0. The Kier molecular flexibility index (Phi) is 7.97. The molecule has 0 amide bonds. The second-order valence-electron chi connectivity index (χ2n) is 17.8. The Morgan fingerprint density at radius 2 is 1.16 bits per heavy atom. The Bertz CT molecular complexity index is 2640. The number of nitrogens with zero attached hydrogens (tertiary/aromatic N) is 3. The normalized spacial score (nSPS) is 13.7. The molecule has 278 valence electrons. The lowest BCUT2D eigenvalue weighted by molar-refractivity contribution is 0.476. The molecular weight excluding hydrogens is 683 g/mol. The first kappa shape index (κ1) is 35.7. The van der Waals surface area contributed by atoms with Crippen LogP contribution in [0.2, 0.25) is 0 Å². The molecule has 0 saturated heterocycles. The third-order valence-corrected chi connectivity index (χ3v) is 12.0. The van der Waals surface area contributed by atoms with Crippen LogP contribution >= 0.6 is 0 Å². The summed E-state index contributed by atoms with van der Waals surface area (Å²) in [6, 6.07) is 45.8. The summed E-state index contributed by atoms with van der Waals surface area (Å²) in [4.78, 5) is 12.8. The van der Waals surface area contributed by atoms with Crippen LogP contribution < -0.4 is 4.90 Å². The largest absolute Gasteiger partial charge is 0.507 e. The monoisotopic (exact) mass is 731 g/mol. The Morgan fingerprint density at radius 3 is 1.79 bits per heavy atom. The summed E-state index contributed by atoms with van der Waals surface area (Å²) in [5.74, 6) is 1.03. The van der Waals surface area contributed by atoms with Gasteiger partial charge in [-0.1, -0.05) is 133 Å². The summed E-state index contributed by atoms with van der Waals surface area (Å²) in [5, 5.41) is 12.0. The molecule has 2 aliphatic carbocycles. The predicted molar refractivity (Wildman–Crippen MR) is 232 cm³/mol. The number of para-hydroxylation sites is 1. The van der Waals surface area contributed by atoms with Crippen LogP contribution in [0.25, 0.3) is 33.6 Å². The number of aromatic nitrogens is 2. The van der Waals surface area contributed by atoms with Crippen molar-refractivity contribution in [2.45, 2.75) is 78.6 Å². The zero-order valence-corrected chi connectivity index (χ0v) is 33.9. The number of pyridine rings is 2. The fourth-order valence-electron chi connectivity index (χ4n) is 9.19. The molecule has 1 N–H and O–H groups in total. The molecule has 0 fully saturated rings. The Labute approximate surface area is 331 Å². The van der Waals surface area contributed by atoms with E-state index in [1.54, 1.807) is 0 Å². The maximum Gasteiger partial charge on any atom is 0.138 e. The van der Waals surface area contributed by atoms with E-state index in [1.807, 2.05) is 25.1 Å². The van der Waals surface area contributed by atoms with Gasteiger partial charge in [-0.05, 0) is 124 Å². The summed E-state index contributed by atoms with van der Waals surface area (Å²) < 4.78 is 0. The standard InChI is InChI=1S/C52H49N3O/c1-31-14-10-15-32(2)49(31)55(37-18-12-17-34(28-37)44-20-11-16-33(3)53-44)46-27-26-41-48(54-46)47-40(19-13-21-45(47)56)52(41)42-29-35(50(4,5)6)22-24-38(42)39-25-23-36(30-43(39)52)51(7,8)9/h10-30,56H,1-9H3. The molecule has 0 radical (unpaired) electrons. The maximum absolute atomic E-state index is 12.0. The number of anilines is 3. The van der Waals surface area contributed by atoms with Gasteiger partial charge in [0.1, 0.15) is 11.6 Å². The minimum absolute atomic E-state index is 0.0544. The lowest BCUT2D eigenvalue weighted by Gasteiger charge is -2.33. The highest BCUT2D eigenvalue weighted by molar-refractivity contribution is 5.96. The number of aromatic hydroxyl groups is 1. The molecule has 0 saturated carbocycles. The van der Waals surface area contributed by atoms with Crippen molar-refractivity contribution in [2.24, 2.45) is 0 Å². The minimum Gasteiger partial charge on any atom is -0.507 e. The first-order valence-electron chi connectivity index (χ1n) is 19.7. The fourth-order valence-corrected chi connectivity index (χ4v) is 9.19. The molecule has 2 aliphatic rings. The van der Waals surface area contributed by atoms with Crippen molar-refractivity contribution in [3.05, 3.63) is 178 Å². The molecule has 0 aliphatic heterocycles. The van der Waals surface area contributed by atoms with Gasteiger partial charge in [0.25, 0.3) is 0 Å². The number of phenols is 1. The van der Waals surface area contributed by atoms with E-state index in [0.717, 1.165) is 67.7 Å². The van der Waals surface area contributed by atoms with Crippen molar-refractivity contribution in [1.29, 1.82) is 0 Å². The Balaban J connectivity index is 1.35. The molecule has 0 atom stereocenters. The molecule has 0 unspecified atom stereocenters. The smallest absolute Gasteiger partial charge is 0.138 e. The van der Waals surface area contributed by atoms with E-state index in [-0.39, 0.29) is 16.6 Å². The summed E-state index contributed by atoms with van der Waals surface area (Å²) in [6.45, 7) is 20.0. The zero-order valence-electron chi connectivity index (χ0n) is 33.9. The molecule has 4 nitrogen and oxygen atoms in total. The van der Waals surface area contributed by atoms with Crippen molar-refractivity contribution >= 4 is 17.2 Å². The van der Waals surface area contributed by atoms with Crippen LogP contribution in [0.1, 0.15) is 91.7 Å². The molecule has 56 heavy (non-hydrogen) atoms. The average Bonchev–Trinajstić information content (AvgIpc) is 3.62. The van der Waals surface area contributed by atoms with E-state index in [1.165, 1.54) is 33.4 Å². The van der Waals surface area contributed by atoms with Crippen LogP contribution in [0.15, 0.2) is 127 Å². The van der Waals surface area contributed by atoms with Crippen molar-refractivity contribution in [3.8, 4) is 39.4 Å². The van der Waals surface area contributed by atoms with Crippen LogP contribution in [0.3, 0.4) is 0 Å². The van der Waals surface area contributed by atoms with Crippen LogP contribution in [0.5, 0.6) is 5.75 Å². The van der Waals surface area contributed by atoms with Crippen LogP contribution in [0.4, 0.5) is 17.2 Å². The maximum atomic E-state index is 12.0. The van der Waals surface area contributed by atoms with E-state index < -0.39 is 5.41 Å². The quantitative estimate of drug-likeness (QED) is 0.196. The lowest BCUT2D eigenvalue weighted by Crippen LogP contribution is -2.27. The first-order chi connectivity index (χ1) is 26.7. The summed E-state index contributed by atoms with van der Waals surface area (Å²) >= 11 is 0. The van der Waals surface area contributed by atoms with Crippen LogP contribution in [0, 0.1) is 20.8 Å². The van der Waals surface area contributed by atoms with Gasteiger partial charge in [-0.2, -0.15) is 0 Å². The Morgan fingerprint density at radius 1 is 0.554 bits per heavy atom. The van der Waals surface area contributed by atoms with Crippen molar-refractivity contribution in [2.75, 3.05) is 4.90 Å². The van der Waals surface area contributed by atoms with E-state index in [0.29, 0.717) is 0 Å². The number of hydrogen-bond acceptors (Lipinski definition) is 4. The highest BCUT2D eigenvalue weighted by atomic mass is 16.3. The van der Waals surface area contributed by atoms with Gasteiger partial charge in [-0.25, -0.2) is 4.98 Å². The lowest BCUT2D eigenvalue weighted by atomic mass is 9.69. The zero-order chi connectivity index (χ0) is 39.3. The van der Waals surface area contributed by atoms with Gasteiger partial charge < -0.3 is 5.11 Å². The number of hydrogen-bond donors (Lipinski definition) is 1. The van der Waals surface area contributed by atoms with Gasteiger partial charge in [0.2, 0.25) is 0 Å².